The number of ether oxygens (including phenoxy) is 1. The first kappa shape index (κ1) is 93.8. The van der Waals surface area contributed by atoms with E-state index < -0.39 is 12.1 Å². The van der Waals surface area contributed by atoms with E-state index in [4.69, 9.17) is 4.74 Å². The summed E-state index contributed by atoms with van der Waals surface area (Å²) in [4.78, 5) is 24.7. The number of unbranched alkanes of at least 4 members (excludes halogenated alkanes) is 64. The number of carbonyl (C=O) groups excluding carboxylic acids is 2. The molecule has 0 aromatic heterocycles. The average Bonchev–Trinajstić information content (AvgIpc) is 2.88. The minimum atomic E-state index is -0.665. The fourth-order valence-electron chi connectivity index (χ4n) is 13.9. The van der Waals surface area contributed by atoms with E-state index in [-0.39, 0.29) is 18.5 Å². The van der Waals surface area contributed by atoms with Gasteiger partial charge in [-0.25, -0.2) is 0 Å². The number of hydrogen-bond acceptors (Lipinski definition) is 5. The Morgan fingerprint density at radius 1 is 0.292 bits per heavy atom. The second-order valence-electron chi connectivity index (χ2n) is 30.2. The highest BCUT2D eigenvalue weighted by atomic mass is 16.5. The Labute approximate surface area is 601 Å². The Kier molecular flexibility index (Phi) is 83.3. The van der Waals surface area contributed by atoms with Crippen molar-refractivity contribution in [1.29, 1.82) is 0 Å². The first-order valence-corrected chi connectivity index (χ1v) is 43.9. The third-order valence-electron chi connectivity index (χ3n) is 20.6. The summed E-state index contributed by atoms with van der Waals surface area (Å²) in [6.07, 6.45) is 114. The van der Waals surface area contributed by atoms with Crippen molar-refractivity contribution in [2.45, 2.75) is 501 Å². The van der Waals surface area contributed by atoms with Crippen molar-refractivity contribution < 1.29 is 24.5 Å². The van der Waals surface area contributed by atoms with Gasteiger partial charge < -0.3 is 20.3 Å². The van der Waals surface area contributed by atoms with Gasteiger partial charge in [-0.2, -0.15) is 0 Å². The second-order valence-corrected chi connectivity index (χ2v) is 30.2. The van der Waals surface area contributed by atoms with Crippen LogP contribution in [0.1, 0.15) is 489 Å². The number of nitrogens with one attached hydrogen (secondary N) is 1. The van der Waals surface area contributed by atoms with Gasteiger partial charge in [-0.05, 0) is 89.9 Å². The molecule has 0 saturated carbocycles. The van der Waals surface area contributed by atoms with Gasteiger partial charge in [-0.1, -0.05) is 435 Å². The highest BCUT2D eigenvalue weighted by molar-refractivity contribution is 5.76. The van der Waals surface area contributed by atoms with Crippen LogP contribution in [0.25, 0.3) is 0 Å². The van der Waals surface area contributed by atoms with E-state index in [1.54, 1.807) is 0 Å². The van der Waals surface area contributed by atoms with Gasteiger partial charge in [0.15, 0.2) is 0 Å². The van der Waals surface area contributed by atoms with E-state index in [1.165, 1.54) is 398 Å². The molecular formula is C90H171NO5. The third-order valence-corrected chi connectivity index (χ3v) is 20.6. The van der Waals surface area contributed by atoms with Crippen LogP contribution < -0.4 is 5.32 Å². The average molecular weight is 1350 g/mol. The smallest absolute Gasteiger partial charge is 0.305 e. The maximum absolute atomic E-state index is 12.6. The molecule has 96 heavy (non-hydrogen) atoms. The predicted octanol–water partition coefficient (Wildman–Crippen LogP) is 29.5. The van der Waals surface area contributed by atoms with Gasteiger partial charge in [0, 0.05) is 12.8 Å². The van der Waals surface area contributed by atoms with E-state index in [0.717, 1.165) is 57.8 Å². The first-order chi connectivity index (χ1) is 47.5. The molecule has 0 fully saturated rings. The van der Waals surface area contributed by atoms with Crippen molar-refractivity contribution in [2.75, 3.05) is 13.2 Å². The van der Waals surface area contributed by atoms with Gasteiger partial charge in [0.1, 0.15) is 0 Å². The van der Waals surface area contributed by atoms with Crippen molar-refractivity contribution in [1.82, 2.24) is 5.32 Å². The number of allylic oxidation sites excluding steroid dienone is 8. The van der Waals surface area contributed by atoms with Crippen molar-refractivity contribution in [2.24, 2.45) is 0 Å². The molecule has 0 aromatic carbocycles. The SMILES string of the molecule is CCCCCC/C=C\C/C=C\CCCCCCCCCC(=O)OCCCCCCCCCCCCCCC/C=C\C/C=C\CCCCCCCCCCCCCCCCCCCC(=O)NC(CO)C(O)CCCCCCCCCCCCCCCCCCCCCCCCCC. The Morgan fingerprint density at radius 2 is 0.521 bits per heavy atom. The molecule has 0 aromatic rings. The lowest BCUT2D eigenvalue weighted by Crippen LogP contribution is -2.45. The van der Waals surface area contributed by atoms with Gasteiger partial charge in [0.05, 0.1) is 25.4 Å². The van der Waals surface area contributed by atoms with Crippen LogP contribution in [0.5, 0.6) is 0 Å². The van der Waals surface area contributed by atoms with E-state index in [9.17, 15) is 19.8 Å². The lowest BCUT2D eigenvalue weighted by Gasteiger charge is -2.22. The van der Waals surface area contributed by atoms with E-state index in [0.29, 0.717) is 25.9 Å². The zero-order valence-corrected chi connectivity index (χ0v) is 65.1. The standard InChI is InChI=1S/C90H171NO5/c1-3-5-7-9-11-13-15-17-19-21-23-24-25-41-44-47-50-54-58-62-66-70-74-78-82-88(93)87(86-92)91-89(94)83-79-75-71-67-63-59-55-51-48-45-42-39-37-35-33-31-29-27-26-28-30-32-34-36-38-40-43-46-49-53-57-61-65-69-73-77-81-85-96-90(95)84-80-76-72-68-64-60-56-52-22-20-18-16-14-12-10-8-6-4-2/h14,16,20,22,26,28,32,34,87-88,92-93H,3-13,15,17-19,21,23-25,27,29-31,33,35-86H2,1-2H3,(H,91,94)/b16-14-,22-20-,28-26-,34-32-. The van der Waals surface area contributed by atoms with Crippen LogP contribution in [0.2, 0.25) is 0 Å². The van der Waals surface area contributed by atoms with Crippen LogP contribution in [0.4, 0.5) is 0 Å². The Morgan fingerprint density at radius 3 is 0.802 bits per heavy atom. The number of aliphatic hydroxyl groups is 2. The quantitative estimate of drug-likeness (QED) is 0.0320. The van der Waals surface area contributed by atoms with Crippen LogP contribution in [-0.4, -0.2) is 47.4 Å². The summed E-state index contributed by atoms with van der Waals surface area (Å²) in [5.41, 5.74) is 0. The number of carbonyl (C=O) groups is 2. The Hall–Kier alpha value is -2.18. The highest BCUT2D eigenvalue weighted by Crippen LogP contribution is 2.21. The summed E-state index contributed by atoms with van der Waals surface area (Å²) >= 11 is 0. The minimum absolute atomic E-state index is 0.0122. The molecule has 0 rings (SSSR count). The highest BCUT2D eigenvalue weighted by Gasteiger charge is 2.20. The van der Waals surface area contributed by atoms with Crippen LogP contribution in [0.15, 0.2) is 48.6 Å². The molecule has 3 N–H and O–H groups in total. The minimum Gasteiger partial charge on any atom is -0.466 e. The van der Waals surface area contributed by atoms with Crippen molar-refractivity contribution in [3.63, 3.8) is 0 Å². The second kappa shape index (κ2) is 85.2. The molecule has 6 heteroatoms. The molecule has 0 heterocycles. The summed E-state index contributed by atoms with van der Waals surface area (Å²) in [6, 6.07) is -0.542. The third kappa shape index (κ3) is 80.8. The number of rotatable bonds is 83. The van der Waals surface area contributed by atoms with Gasteiger partial charge >= 0.3 is 5.97 Å². The Bertz CT molecular complexity index is 1600. The normalized spacial score (nSPS) is 12.7. The lowest BCUT2D eigenvalue weighted by atomic mass is 10.0. The summed E-state index contributed by atoms with van der Waals surface area (Å²) in [5.74, 6) is -0.0144. The van der Waals surface area contributed by atoms with Gasteiger partial charge in [0.25, 0.3) is 0 Å². The summed E-state index contributed by atoms with van der Waals surface area (Å²) in [7, 11) is 0. The van der Waals surface area contributed by atoms with Crippen LogP contribution >= 0.6 is 0 Å². The predicted molar refractivity (Wildman–Crippen MR) is 426 cm³/mol. The summed E-state index contributed by atoms with van der Waals surface area (Å²) in [6.45, 7) is 4.99. The molecule has 0 saturated heterocycles. The van der Waals surface area contributed by atoms with E-state index >= 15 is 0 Å². The topological polar surface area (TPSA) is 95.9 Å². The maximum atomic E-state index is 12.6. The van der Waals surface area contributed by atoms with Crippen molar-refractivity contribution >= 4 is 11.9 Å². The lowest BCUT2D eigenvalue weighted by molar-refractivity contribution is -0.143. The fraction of sp³-hybridized carbons (Fsp3) is 0.889. The number of amides is 1. The van der Waals surface area contributed by atoms with Crippen molar-refractivity contribution in [3.8, 4) is 0 Å². The van der Waals surface area contributed by atoms with Gasteiger partial charge in [0.2, 0.25) is 5.91 Å². The summed E-state index contributed by atoms with van der Waals surface area (Å²) in [5, 5.41) is 23.5. The molecule has 1 amide bonds. The van der Waals surface area contributed by atoms with Crippen LogP contribution in [0, 0.1) is 0 Å². The summed E-state index contributed by atoms with van der Waals surface area (Å²) < 4.78 is 5.51. The first-order valence-electron chi connectivity index (χ1n) is 43.9. The van der Waals surface area contributed by atoms with Crippen LogP contribution in [-0.2, 0) is 14.3 Å². The number of aliphatic hydroxyl groups excluding tert-OH is 2. The maximum Gasteiger partial charge on any atom is 0.305 e. The molecule has 0 spiro atoms. The molecule has 0 radical (unpaired) electrons. The monoisotopic (exact) mass is 1350 g/mol. The molecular weight excluding hydrogens is 1170 g/mol. The molecule has 0 bridgehead atoms. The van der Waals surface area contributed by atoms with E-state index in [1.807, 2.05) is 0 Å². The molecule has 0 aliphatic heterocycles. The zero-order valence-electron chi connectivity index (χ0n) is 65.1. The largest absolute Gasteiger partial charge is 0.466 e. The van der Waals surface area contributed by atoms with E-state index in [2.05, 4.69) is 67.8 Å². The number of hydrogen-bond donors (Lipinski definition) is 3. The molecule has 0 aliphatic rings. The van der Waals surface area contributed by atoms with Gasteiger partial charge in [-0.15, -0.1) is 0 Å². The Balaban J connectivity index is 3.36. The molecule has 0 aliphatic carbocycles. The fourth-order valence-corrected chi connectivity index (χ4v) is 13.9. The molecule has 6 nitrogen and oxygen atoms in total. The van der Waals surface area contributed by atoms with Crippen LogP contribution in [0.3, 0.4) is 0 Å². The van der Waals surface area contributed by atoms with Gasteiger partial charge in [-0.3, -0.25) is 9.59 Å². The molecule has 566 valence electrons. The molecule has 2 unspecified atom stereocenters. The zero-order chi connectivity index (χ0) is 69.1. The molecule has 2 atom stereocenters. The van der Waals surface area contributed by atoms with Crippen molar-refractivity contribution in [3.05, 3.63) is 48.6 Å². The number of esters is 1.